The maximum absolute atomic E-state index is 13.6. The second-order valence-electron chi connectivity index (χ2n) is 4.76. The first-order valence-electron chi connectivity index (χ1n) is 6.82. The van der Waals surface area contributed by atoms with E-state index in [0.29, 0.717) is 5.56 Å². The third kappa shape index (κ3) is 2.93. The lowest BCUT2D eigenvalue weighted by Gasteiger charge is -2.22. The Balaban J connectivity index is 2.31. The van der Waals surface area contributed by atoms with Gasteiger partial charge in [0.25, 0.3) is 0 Å². The van der Waals surface area contributed by atoms with Crippen molar-refractivity contribution in [2.24, 2.45) is 0 Å². The highest BCUT2D eigenvalue weighted by Crippen LogP contribution is 2.31. The van der Waals surface area contributed by atoms with Crippen LogP contribution < -0.4 is 10.1 Å². The molecule has 106 valence electrons. The number of anilines is 1. The summed E-state index contributed by atoms with van der Waals surface area (Å²) in [6.07, 6.45) is 0.885. The minimum atomic E-state index is -0.190. The van der Waals surface area contributed by atoms with Gasteiger partial charge in [-0.2, -0.15) is 0 Å². The van der Waals surface area contributed by atoms with E-state index in [2.05, 4.69) is 12.2 Å². The lowest BCUT2D eigenvalue weighted by atomic mass is 10.0. The van der Waals surface area contributed by atoms with E-state index in [1.54, 1.807) is 20.1 Å². The molecular weight excluding hydrogens is 253 g/mol. The zero-order valence-corrected chi connectivity index (χ0v) is 12.1. The smallest absolute Gasteiger partial charge is 0.128 e. The Labute approximate surface area is 119 Å². The Bertz CT molecular complexity index is 583. The van der Waals surface area contributed by atoms with Gasteiger partial charge in [0.2, 0.25) is 0 Å². The molecule has 2 nitrogen and oxygen atoms in total. The van der Waals surface area contributed by atoms with Gasteiger partial charge >= 0.3 is 0 Å². The van der Waals surface area contributed by atoms with Crippen LogP contribution in [0.25, 0.3) is 0 Å². The van der Waals surface area contributed by atoms with Crippen LogP contribution in [0, 0.1) is 12.7 Å². The predicted octanol–water partition coefficient (Wildman–Crippen LogP) is 4.71. The van der Waals surface area contributed by atoms with E-state index < -0.39 is 0 Å². The van der Waals surface area contributed by atoms with Gasteiger partial charge in [-0.15, -0.1) is 0 Å². The fourth-order valence-corrected chi connectivity index (χ4v) is 2.31. The highest BCUT2D eigenvalue weighted by atomic mass is 19.1. The molecule has 2 rings (SSSR count). The standard InChI is InChI=1S/C17H20FNO/c1-4-15(13-8-5-6-11-17(13)20-3)19-16-10-7-9-14(18)12(16)2/h5-11,15,19H,4H2,1-3H3. The molecule has 3 heteroatoms. The van der Waals surface area contributed by atoms with Gasteiger partial charge in [0.15, 0.2) is 0 Å². The monoisotopic (exact) mass is 273 g/mol. The molecule has 1 atom stereocenters. The summed E-state index contributed by atoms with van der Waals surface area (Å²) in [5.41, 5.74) is 2.55. The molecule has 0 saturated heterocycles. The molecule has 0 aliphatic carbocycles. The van der Waals surface area contributed by atoms with Crippen molar-refractivity contribution >= 4 is 5.69 Å². The van der Waals surface area contributed by atoms with Crippen LogP contribution in [-0.2, 0) is 0 Å². The number of hydrogen-bond acceptors (Lipinski definition) is 2. The molecule has 0 saturated carbocycles. The molecule has 0 aliphatic rings. The zero-order chi connectivity index (χ0) is 14.5. The summed E-state index contributed by atoms with van der Waals surface area (Å²) in [5, 5.41) is 3.41. The Morgan fingerprint density at radius 2 is 1.90 bits per heavy atom. The molecule has 0 amide bonds. The zero-order valence-electron chi connectivity index (χ0n) is 12.1. The number of methoxy groups -OCH3 is 1. The molecule has 0 aromatic heterocycles. The first-order valence-corrected chi connectivity index (χ1v) is 6.82. The van der Waals surface area contributed by atoms with E-state index in [1.165, 1.54) is 6.07 Å². The lowest BCUT2D eigenvalue weighted by molar-refractivity contribution is 0.406. The Morgan fingerprint density at radius 3 is 2.60 bits per heavy atom. The van der Waals surface area contributed by atoms with E-state index in [-0.39, 0.29) is 11.9 Å². The van der Waals surface area contributed by atoms with Gasteiger partial charge in [-0.3, -0.25) is 0 Å². The van der Waals surface area contributed by atoms with Gasteiger partial charge in [-0.1, -0.05) is 31.2 Å². The minimum absolute atomic E-state index is 0.0895. The molecular formula is C17H20FNO. The quantitative estimate of drug-likeness (QED) is 0.852. The van der Waals surface area contributed by atoms with E-state index in [0.717, 1.165) is 23.4 Å². The van der Waals surface area contributed by atoms with Crippen molar-refractivity contribution < 1.29 is 9.13 Å². The van der Waals surface area contributed by atoms with Crippen molar-refractivity contribution in [1.29, 1.82) is 0 Å². The van der Waals surface area contributed by atoms with Crippen LogP contribution in [0.5, 0.6) is 5.75 Å². The maximum atomic E-state index is 13.6. The fraction of sp³-hybridized carbons (Fsp3) is 0.294. The first kappa shape index (κ1) is 14.4. The number of nitrogens with one attached hydrogen (secondary N) is 1. The number of halogens is 1. The summed E-state index contributed by atoms with van der Waals surface area (Å²) in [6.45, 7) is 3.88. The molecule has 0 bridgehead atoms. The molecule has 0 heterocycles. The van der Waals surface area contributed by atoms with Crippen LogP contribution in [0.4, 0.5) is 10.1 Å². The third-order valence-electron chi connectivity index (χ3n) is 3.52. The van der Waals surface area contributed by atoms with E-state index in [4.69, 9.17) is 4.74 Å². The van der Waals surface area contributed by atoms with E-state index in [1.807, 2.05) is 30.3 Å². The Morgan fingerprint density at radius 1 is 1.15 bits per heavy atom. The molecule has 0 fully saturated rings. The number of benzene rings is 2. The molecule has 0 spiro atoms. The van der Waals surface area contributed by atoms with Crippen molar-refractivity contribution in [1.82, 2.24) is 0 Å². The van der Waals surface area contributed by atoms with Gasteiger partial charge in [0.05, 0.1) is 13.2 Å². The molecule has 1 unspecified atom stereocenters. The van der Waals surface area contributed by atoms with Gasteiger partial charge in [-0.05, 0) is 31.5 Å². The van der Waals surface area contributed by atoms with Crippen molar-refractivity contribution in [2.75, 3.05) is 12.4 Å². The topological polar surface area (TPSA) is 21.3 Å². The number of rotatable bonds is 5. The van der Waals surface area contributed by atoms with Crippen LogP contribution in [0.1, 0.15) is 30.5 Å². The Hall–Kier alpha value is -2.03. The van der Waals surface area contributed by atoms with Gasteiger partial charge < -0.3 is 10.1 Å². The molecule has 0 radical (unpaired) electrons. The van der Waals surface area contributed by atoms with Crippen LogP contribution in [0.3, 0.4) is 0 Å². The minimum Gasteiger partial charge on any atom is -0.496 e. The van der Waals surface area contributed by atoms with Crippen LogP contribution in [-0.4, -0.2) is 7.11 Å². The first-order chi connectivity index (χ1) is 9.67. The molecule has 2 aromatic rings. The summed E-state index contributed by atoms with van der Waals surface area (Å²) < 4.78 is 19.0. The number of para-hydroxylation sites is 1. The van der Waals surface area contributed by atoms with Crippen molar-refractivity contribution in [3.63, 3.8) is 0 Å². The summed E-state index contributed by atoms with van der Waals surface area (Å²) in [5.74, 6) is 0.658. The summed E-state index contributed by atoms with van der Waals surface area (Å²) in [4.78, 5) is 0. The molecule has 1 N–H and O–H groups in total. The second-order valence-corrected chi connectivity index (χ2v) is 4.76. The van der Waals surface area contributed by atoms with E-state index >= 15 is 0 Å². The largest absolute Gasteiger partial charge is 0.496 e. The number of hydrogen-bond donors (Lipinski definition) is 1. The average molecular weight is 273 g/mol. The predicted molar refractivity (Wildman–Crippen MR) is 80.8 cm³/mol. The summed E-state index contributed by atoms with van der Waals surface area (Å²) >= 11 is 0. The van der Waals surface area contributed by atoms with Crippen molar-refractivity contribution in [3.05, 3.63) is 59.4 Å². The molecule has 0 aliphatic heterocycles. The van der Waals surface area contributed by atoms with Crippen molar-refractivity contribution in [3.8, 4) is 5.75 Å². The van der Waals surface area contributed by atoms with Gasteiger partial charge in [-0.25, -0.2) is 4.39 Å². The number of ether oxygens (including phenoxy) is 1. The Kier molecular flexibility index (Phi) is 4.61. The summed E-state index contributed by atoms with van der Waals surface area (Å²) in [7, 11) is 1.67. The van der Waals surface area contributed by atoms with E-state index in [9.17, 15) is 4.39 Å². The van der Waals surface area contributed by atoms with Crippen molar-refractivity contribution in [2.45, 2.75) is 26.3 Å². The average Bonchev–Trinajstić information content (AvgIpc) is 2.49. The lowest BCUT2D eigenvalue weighted by Crippen LogP contribution is -2.12. The second kappa shape index (κ2) is 6.42. The fourth-order valence-electron chi connectivity index (χ4n) is 2.31. The summed E-state index contributed by atoms with van der Waals surface area (Å²) in [6, 6.07) is 13.1. The highest BCUT2D eigenvalue weighted by Gasteiger charge is 2.15. The van der Waals surface area contributed by atoms with Crippen LogP contribution in [0.15, 0.2) is 42.5 Å². The van der Waals surface area contributed by atoms with Crippen LogP contribution >= 0.6 is 0 Å². The molecule has 20 heavy (non-hydrogen) atoms. The SMILES string of the molecule is CCC(Nc1cccc(F)c1C)c1ccccc1OC. The molecule has 2 aromatic carbocycles. The highest BCUT2D eigenvalue weighted by molar-refractivity contribution is 5.53. The normalized spacial score (nSPS) is 12.0. The van der Waals surface area contributed by atoms with Crippen LogP contribution in [0.2, 0.25) is 0 Å². The third-order valence-corrected chi connectivity index (χ3v) is 3.52. The maximum Gasteiger partial charge on any atom is 0.128 e. The van der Waals surface area contributed by atoms with Gasteiger partial charge in [0, 0.05) is 16.8 Å². The van der Waals surface area contributed by atoms with Gasteiger partial charge in [0.1, 0.15) is 11.6 Å².